The Bertz CT molecular complexity index is 982. The van der Waals surface area contributed by atoms with E-state index in [2.05, 4.69) is 5.32 Å². The number of carbonyl (C=O) groups excluding carboxylic acids is 1. The van der Waals surface area contributed by atoms with Crippen LogP contribution in [0.4, 0.5) is 5.69 Å². The molecule has 140 valence electrons. The fourth-order valence-electron chi connectivity index (χ4n) is 2.57. The number of carbonyl (C=O) groups is 2. The maximum atomic E-state index is 12.3. The largest absolute Gasteiger partial charge is 0.478 e. The number of carboxylic acid groups (broad SMARTS) is 1. The zero-order chi connectivity index (χ0) is 19.8. The van der Waals surface area contributed by atoms with Crippen LogP contribution in [-0.2, 0) is 4.79 Å². The third-order valence-corrected chi connectivity index (χ3v) is 3.89. The van der Waals surface area contributed by atoms with Crippen LogP contribution < -0.4 is 10.1 Å². The van der Waals surface area contributed by atoms with Crippen LogP contribution in [0.2, 0.25) is 0 Å². The molecule has 0 heterocycles. The number of hydrogen-bond acceptors (Lipinski definition) is 3. The summed E-state index contributed by atoms with van der Waals surface area (Å²) in [4.78, 5) is 23.7. The van der Waals surface area contributed by atoms with Crippen molar-refractivity contribution in [1.29, 1.82) is 0 Å². The first kappa shape index (κ1) is 18.9. The second-order valence-electron chi connectivity index (χ2n) is 5.99. The standard InChI is InChI=1S/C23H19NO4/c25-22(13-7-10-17-8-3-1-4-9-17)24-21-16-19(14-15-20(21)23(26)27)28-18-11-5-2-6-12-18/h1-12,14-16H,13H2,(H,24,25)(H,26,27). The zero-order valence-electron chi connectivity index (χ0n) is 15.0. The number of aromatic carboxylic acids is 1. The molecule has 0 aromatic heterocycles. The van der Waals surface area contributed by atoms with Gasteiger partial charge < -0.3 is 15.2 Å². The van der Waals surface area contributed by atoms with Gasteiger partial charge in [0.1, 0.15) is 11.5 Å². The molecule has 5 nitrogen and oxygen atoms in total. The van der Waals surface area contributed by atoms with Crippen molar-refractivity contribution >= 4 is 23.6 Å². The highest BCUT2D eigenvalue weighted by atomic mass is 16.5. The van der Waals surface area contributed by atoms with Crippen molar-refractivity contribution in [2.45, 2.75) is 6.42 Å². The summed E-state index contributed by atoms with van der Waals surface area (Å²) in [6.45, 7) is 0. The minimum Gasteiger partial charge on any atom is -0.478 e. The van der Waals surface area contributed by atoms with Gasteiger partial charge in [-0.1, -0.05) is 60.7 Å². The lowest BCUT2D eigenvalue weighted by atomic mass is 10.1. The van der Waals surface area contributed by atoms with E-state index >= 15 is 0 Å². The maximum absolute atomic E-state index is 12.3. The average Bonchev–Trinajstić information content (AvgIpc) is 2.69. The van der Waals surface area contributed by atoms with Crippen LogP contribution in [0.25, 0.3) is 6.08 Å². The molecule has 2 N–H and O–H groups in total. The second-order valence-corrected chi connectivity index (χ2v) is 5.99. The molecule has 0 fully saturated rings. The summed E-state index contributed by atoms with van der Waals surface area (Å²) in [6, 6.07) is 23.2. The van der Waals surface area contributed by atoms with Gasteiger partial charge in [0.15, 0.2) is 0 Å². The van der Waals surface area contributed by atoms with Crippen molar-refractivity contribution in [3.8, 4) is 11.5 Å². The molecule has 0 radical (unpaired) electrons. The van der Waals surface area contributed by atoms with Gasteiger partial charge >= 0.3 is 5.97 Å². The number of carboxylic acids is 1. The van der Waals surface area contributed by atoms with Crippen molar-refractivity contribution in [3.63, 3.8) is 0 Å². The minimum atomic E-state index is -1.12. The summed E-state index contributed by atoms with van der Waals surface area (Å²) in [5.74, 6) is -0.382. The number of rotatable bonds is 7. The van der Waals surface area contributed by atoms with Crippen molar-refractivity contribution in [2.75, 3.05) is 5.32 Å². The summed E-state index contributed by atoms with van der Waals surface area (Å²) in [6.07, 6.45) is 3.69. The van der Waals surface area contributed by atoms with Crippen molar-refractivity contribution < 1.29 is 19.4 Å². The third kappa shape index (κ3) is 5.32. The van der Waals surface area contributed by atoms with E-state index in [-0.39, 0.29) is 23.6 Å². The molecule has 0 spiro atoms. The molecular formula is C23H19NO4. The number of amides is 1. The third-order valence-electron chi connectivity index (χ3n) is 3.89. The smallest absolute Gasteiger partial charge is 0.337 e. The lowest BCUT2D eigenvalue weighted by Gasteiger charge is -2.11. The first-order chi connectivity index (χ1) is 13.6. The summed E-state index contributed by atoms with van der Waals surface area (Å²) in [5, 5.41) is 12.0. The Balaban J connectivity index is 1.71. The predicted molar refractivity (Wildman–Crippen MR) is 109 cm³/mol. The molecule has 0 bridgehead atoms. The maximum Gasteiger partial charge on any atom is 0.337 e. The van der Waals surface area contributed by atoms with E-state index in [9.17, 15) is 14.7 Å². The van der Waals surface area contributed by atoms with Crippen LogP contribution in [-0.4, -0.2) is 17.0 Å². The van der Waals surface area contributed by atoms with E-state index in [0.29, 0.717) is 11.5 Å². The number of anilines is 1. The molecule has 3 aromatic carbocycles. The van der Waals surface area contributed by atoms with Crippen LogP contribution in [0.1, 0.15) is 22.3 Å². The molecule has 0 saturated heterocycles. The Morgan fingerprint density at radius 1 is 0.893 bits per heavy atom. The highest BCUT2D eigenvalue weighted by Crippen LogP contribution is 2.27. The number of benzene rings is 3. The SMILES string of the molecule is O=C(CC=Cc1ccccc1)Nc1cc(Oc2ccccc2)ccc1C(=O)O. The predicted octanol–water partition coefficient (Wildman–Crippen LogP) is 5.22. The van der Waals surface area contributed by atoms with Crippen molar-refractivity contribution in [1.82, 2.24) is 0 Å². The molecule has 5 heteroatoms. The lowest BCUT2D eigenvalue weighted by Crippen LogP contribution is -2.13. The molecular weight excluding hydrogens is 354 g/mol. The monoisotopic (exact) mass is 373 g/mol. The molecule has 0 unspecified atom stereocenters. The van der Waals surface area contributed by atoms with E-state index in [1.165, 1.54) is 12.1 Å². The molecule has 3 rings (SSSR count). The molecule has 1 amide bonds. The first-order valence-electron chi connectivity index (χ1n) is 8.73. The number of hydrogen-bond donors (Lipinski definition) is 2. The number of ether oxygens (including phenoxy) is 1. The molecule has 0 aliphatic rings. The summed E-state index contributed by atoms with van der Waals surface area (Å²) >= 11 is 0. The van der Waals surface area contributed by atoms with Gasteiger partial charge in [-0.3, -0.25) is 4.79 Å². The summed E-state index contributed by atoms with van der Waals surface area (Å²) in [5.41, 5.74) is 1.18. The highest BCUT2D eigenvalue weighted by Gasteiger charge is 2.13. The van der Waals surface area contributed by atoms with Crippen molar-refractivity contribution in [2.24, 2.45) is 0 Å². The van der Waals surface area contributed by atoms with Crippen LogP contribution in [0, 0.1) is 0 Å². The van der Waals surface area contributed by atoms with Crippen molar-refractivity contribution in [3.05, 3.63) is 96.1 Å². The van der Waals surface area contributed by atoms with Gasteiger partial charge in [0.05, 0.1) is 11.3 Å². The van der Waals surface area contributed by atoms with E-state index < -0.39 is 5.97 Å². The topological polar surface area (TPSA) is 75.6 Å². The highest BCUT2D eigenvalue weighted by molar-refractivity contribution is 6.01. The first-order valence-corrected chi connectivity index (χ1v) is 8.73. The Kier molecular flexibility index (Phi) is 6.21. The summed E-state index contributed by atoms with van der Waals surface area (Å²) in [7, 11) is 0. The van der Waals surface area contributed by atoms with Crippen LogP contribution >= 0.6 is 0 Å². The fourth-order valence-corrected chi connectivity index (χ4v) is 2.57. The van der Waals surface area contributed by atoms with Gasteiger partial charge in [0.2, 0.25) is 5.91 Å². The van der Waals surface area contributed by atoms with Gasteiger partial charge in [-0.2, -0.15) is 0 Å². The quantitative estimate of drug-likeness (QED) is 0.595. The average molecular weight is 373 g/mol. The Morgan fingerprint density at radius 2 is 1.57 bits per heavy atom. The molecule has 0 saturated carbocycles. The number of nitrogens with one attached hydrogen (secondary N) is 1. The van der Waals surface area contributed by atoms with Gasteiger partial charge in [-0.05, 0) is 29.8 Å². The molecule has 0 aliphatic carbocycles. The minimum absolute atomic E-state index is 0.000741. The zero-order valence-corrected chi connectivity index (χ0v) is 15.0. The Labute approximate surface area is 162 Å². The van der Waals surface area contributed by atoms with E-state index in [1.807, 2.05) is 54.6 Å². The van der Waals surface area contributed by atoms with E-state index in [1.54, 1.807) is 24.3 Å². The lowest BCUT2D eigenvalue weighted by molar-refractivity contribution is -0.115. The van der Waals surface area contributed by atoms with Crippen LogP contribution in [0.5, 0.6) is 11.5 Å². The van der Waals surface area contributed by atoms with E-state index in [4.69, 9.17) is 4.74 Å². The van der Waals surface area contributed by atoms with Gasteiger partial charge in [-0.15, -0.1) is 0 Å². The van der Waals surface area contributed by atoms with Crippen LogP contribution in [0.3, 0.4) is 0 Å². The van der Waals surface area contributed by atoms with Gasteiger partial charge in [0, 0.05) is 12.5 Å². The van der Waals surface area contributed by atoms with Gasteiger partial charge in [-0.25, -0.2) is 4.79 Å². The van der Waals surface area contributed by atoms with E-state index in [0.717, 1.165) is 5.56 Å². The molecule has 0 atom stereocenters. The Morgan fingerprint density at radius 3 is 2.25 bits per heavy atom. The number of para-hydroxylation sites is 1. The van der Waals surface area contributed by atoms with Gasteiger partial charge in [0.25, 0.3) is 0 Å². The molecule has 0 aliphatic heterocycles. The van der Waals surface area contributed by atoms with Crippen LogP contribution in [0.15, 0.2) is 84.9 Å². The molecule has 28 heavy (non-hydrogen) atoms. The molecule has 3 aromatic rings. The summed E-state index contributed by atoms with van der Waals surface area (Å²) < 4.78 is 5.72. The second kappa shape index (κ2) is 9.19. The fraction of sp³-hybridized carbons (Fsp3) is 0.0435. The normalized spacial score (nSPS) is 10.6. The Hall–Kier alpha value is -3.86.